The molecule has 0 saturated heterocycles. The van der Waals surface area contributed by atoms with E-state index in [1.54, 1.807) is 36.0 Å². The topological polar surface area (TPSA) is 74.6 Å². The summed E-state index contributed by atoms with van der Waals surface area (Å²) in [4.78, 5) is 22.3. The number of thioether (sulfide) groups is 1. The van der Waals surface area contributed by atoms with E-state index in [1.807, 2.05) is 6.26 Å². The third-order valence-electron chi connectivity index (χ3n) is 1.89. The zero-order chi connectivity index (χ0) is 12.1. The normalized spacial score (nSPS) is 9.56. The van der Waals surface area contributed by atoms with Crippen molar-refractivity contribution >= 4 is 29.8 Å². The molecule has 0 atom stereocenters. The van der Waals surface area contributed by atoms with Gasteiger partial charge in [0.05, 0.1) is 0 Å². The van der Waals surface area contributed by atoms with Crippen LogP contribution in [0.2, 0.25) is 0 Å². The number of rotatable bonds is 4. The molecule has 0 saturated carbocycles. The third-order valence-corrected chi connectivity index (χ3v) is 2.63. The van der Waals surface area contributed by atoms with E-state index in [4.69, 9.17) is 10.2 Å². The SMILES string of the molecule is CSc1ccc(C=C(C(=O)O)C(=O)O)cc1. The first-order valence-electron chi connectivity index (χ1n) is 4.37. The van der Waals surface area contributed by atoms with Crippen LogP contribution in [0.25, 0.3) is 6.08 Å². The highest BCUT2D eigenvalue weighted by molar-refractivity contribution is 7.98. The molecule has 0 heterocycles. The summed E-state index contributed by atoms with van der Waals surface area (Å²) in [5, 5.41) is 17.3. The minimum atomic E-state index is -1.44. The molecule has 0 radical (unpaired) electrons. The molecule has 1 aromatic rings. The Balaban J connectivity index is 3.04. The highest BCUT2D eigenvalue weighted by atomic mass is 32.2. The lowest BCUT2D eigenvalue weighted by molar-refractivity contribution is -0.139. The van der Waals surface area contributed by atoms with Gasteiger partial charge in [-0.25, -0.2) is 9.59 Å². The predicted molar refractivity (Wildman–Crippen MR) is 61.5 cm³/mol. The van der Waals surface area contributed by atoms with Gasteiger partial charge in [0.25, 0.3) is 0 Å². The standard InChI is InChI=1S/C11H10O4S/c1-16-8-4-2-7(3-5-8)6-9(10(12)13)11(14)15/h2-6H,1H3,(H,12,13)(H,14,15). The monoisotopic (exact) mass is 238 g/mol. The molecule has 5 heteroatoms. The van der Waals surface area contributed by atoms with Gasteiger partial charge in [-0.05, 0) is 30.0 Å². The number of carbonyl (C=O) groups is 2. The van der Waals surface area contributed by atoms with Crippen LogP contribution in [0.15, 0.2) is 34.7 Å². The second-order valence-electron chi connectivity index (χ2n) is 2.94. The quantitative estimate of drug-likeness (QED) is 0.363. The van der Waals surface area contributed by atoms with Crippen LogP contribution >= 0.6 is 11.8 Å². The lowest BCUT2D eigenvalue weighted by atomic mass is 10.1. The maximum Gasteiger partial charge on any atom is 0.343 e. The number of hydrogen-bond donors (Lipinski definition) is 2. The van der Waals surface area contributed by atoms with Crippen molar-refractivity contribution < 1.29 is 19.8 Å². The zero-order valence-corrected chi connectivity index (χ0v) is 9.32. The van der Waals surface area contributed by atoms with Crippen molar-refractivity contribution in [3.63, 3.8) is 0 Å². The minimum Gasteiger partial charge on any atom is -0.477 e. The van der Waals surface area contributed by atoms with Crippen molar-refractivity contribution in [2.24, 2.45) is 0 Å². The van der Waals surface area contributed by atoms with Gasteiger partial charge in [-0.15, -0.1) is 11.8 Å². The zero-order valence-electron chi connectivity index (χ0n) is 8.51. The van der Waals surface area contributed by atoms with Gasteiger partial charge < -0.3 is 10.2 Å². The van der Waals surface area contributed by atoms with Crippen molar-refractivity contribution in [2.45, 2.75) is 4.90 Å². The summed E-state index contributed by atoms with van der Waals surface area (Å²) in [5.74, 6) is -2.89. The summed E-state index contributed by atoms with van der Waals surface area (Å²) >= 11 is 1.56. The first-order chi connectivity index (χ1) is 7.54. The maximum atomic E-state index is 10.6. The van der Waals surface area contributed by atoms with Crippen molar-refractivity contribution in [1.29, 1.82) is 0 Å². The van der Waals surface area contributed by atoms with Crippen LogP contribution in [-0.4, -0.2) is 28.4 Å². The molecule has 0 bridgehead atoms. The van der Waals surface area contributed by atoms with Gasteiger partial charge in [0.1, 0.15) is 5.57 Å². The van der Waals surface area contributed by atoms with Crippen LogP contribution < -0.4 is 0 Å². The number of benzene rings is 1. The van der Waals surface area contributed by atoms with Gasteiger partial charge >= 0.3 is 11.9 Å². The summed E-state index contributed by atoms with van der Waals surface area (Å²) < 4.78 is 0. The van der Waals surface area contributed by atoms with Crippen molar-refractivity contribution in [3.05, 3.63) is 35.4 Å². The second kappa shape index (κ2) is 5.37. The molecule has 0 spiro atoms. The molecule has 0 amide bonds. The predicted octanol–water partition coefficient (Wildman–Crippen LogP) is 1.96. The van der Waals surface area contributed by atoms with Gasteiger partial charge in [-0.2, -0.15) is 0 Å². The summed E-state index contributed by atoms with van der Waals surface area (Å²) in [6.45, 7) is 0. The van der Waals surface area contributed by atoms with Crippen LogP contribution in [0.4, 0.5) is 0 Å². The largest absolute Gasteiger partial charge is 0.477 e. The first kappa shape index (κ1) is 12.3. The fourth-order valence-electron chi connectivity index (χ4n) is 1.08. The van der Waals surface area contributed by atoms with E-state index in [-0.39, 0.29) is 0 Å². The van der Waals surface area contributed by atoms with Crippen LogP contribution in [-0.2, 0) is 9.59 Å². The van der Waals surface area contributed by atoms with Gasteiger partial charge in [-0.3, -0.25) is 0 Å². The molecule has 1 rings (SSSR count). The van der Waals surface area contributed by atoms with E-state index in [9.17, 15) is 9.59 Å². The highest BCUT2D eigenvalue weighted by Gasteiger charge is 2.15. The lowest BCUT2D eigenvalue weighted by Crippen LogP contribution is -2.10. The first-order valence-corrected chi connectivity index (χ1v) is 5.59. The van der Waals surface area contributed by atoms with Crippen LogP contribution in [0.5, 0.6) is 0 Å². The van der Waals surface area contributed by atoms with Gasteiger partial charge in [0.2, 0.25) is 0 Å². The smallest absolute Gasteiger partial charge is 0.343 e. The Morgan fingerprint density at radius 2 is 1.62 bits per heavy atom. The average molecular weight is 238 g/mol. The molecule has 0 fully saturated rings. The average Bonchev–Trinajstić information content (AvgIpc) is 2.25. The Labute approximate surface area is 96.6 Å². The number of carboxylic acid groups (broad SMARTS) is 2. The van der Waals surface area contributed by atoms with Crippen LogP contribution in [0, 0.1) is 0 Å². The fourth-order valence-corrected chi connectivity index (χ4v) is 1.49. The molecule has 2 N–H and O–H groups in total. The fraction of sp³-hybridized carbons (Fsp3) is 0.0909. The molecular formula is C11H10O4S. The van der Waals surface area contributed by atoms with Gasteiger partial charge in [0.15, 0.2) is 0 Å². The Morgan fingerprint density at radius 3 is 2.00 bits per heavy atom. The Morgan fingerprint density at radius 1 is 1.12 bits per heavy atom. The third kappa shape index (κ3) is 3.13. The summed E-state index contributed by atoms with van der Waals surface area (Å²) in [7, 11) is 0. The molecule has 0 aliphatic rings. The van der Waals surface area contributed by atoms with Crippen molar-refractivity contribution in [3.8, 4) is 0 Å². The molecule has 0 aromatic heterocycles. The van der Waals surface area contributed by atoms with E-state index in [0.29, 0.717) is 5.56 Å². The lowest BCUT2D eigenvalue weighted by Gasteiger charge is -1.98. The molecule has 16 heavy (non-hydrogen) atoms. The van der Waals surface area contributed by atoms with E-state index in [1.165, 1.54) is 0 Å². The molecule has 4 nitrogen and oxygen atoms in total. The van der Waals surface area contributed by atoms with Crippen molar-refractivity contribution in [1.82, 2.24) is 0 Å². The molecule has 84 valence electrons. The highest BCUT2D eigenvalue weighted by Crippen LogP contribution is 2.16. The van der Waals surface area contributed by atoms with Gasteiger partial charge in [0, 0.05) is 4.90 Å². The number of carboxylic acids is 2. The Bertz CT molecular complexity index is 418. The molecule has 1 aromatic carbocycles. The van der Waals surface area contributed by atoms with Crippen LogP contribution in [0.3, 0.4) is 0 Å². The van der Waals surface area contributed by atoms with E-state index < -0.39 is 17.5 Å². The summed E-state index contributed by atoms with van der Waals surface area (Å²) in [5.41, 5.74) is -0.0884. The van der Waals surface area contributed by atoms with E-state index in [2.05, 4.69) is 0 Å². The number of aliphatic carboxylic acids is 2. The minimum absolute atomic E-state index is 0.553. The summed E-state index contributed by atoms with van der Waals surface area (Å²) in [6.07, 6.45) is 3.06. The summed E-state index contributed by atoms with van der Waals surface area (Å²) in [6, 6.07) is 6.96. The van der Waals surface area contributed by atoms with Crippen LogP contribution in [0.1, 0.15) is 5.56 Å². The Kier molecular flexibility index (Phi) is 4.13. The van der Waals surface area contributed by atoms with Crippen molar-refractivity contribution in [2.75, 3.05) is 6.26 Å². The maximum absolute atomic E-state index is 10.6. The van der Waals surface area contributed by atoms with E-state index in [0.717, 1.165) is 11.0 Å². The molecular weight excluding hydrogens is 228 g/mol. The molecule has 0 unspecified atom stereocenters. The Hall–Kier alpha value is -1.75. The molecule has 0 aliphatic carbocycles. The van der Waals surface area contributed by atoms with Gasteiger partial charge in [-0.1, -0.05) is 12.1 Å². The molecule has 0 aliphatic heterocycles. The second-order valence-corrected chi connectivity index (χ2v) is 3.82. The number of hydrogen-bond acceptors (Lipinski definition) is 3. The van der Waals surface area contributed by atoms with E-state index >= 15 is 0 Å².